The van der Waals surface area contributed by atoms with Crippen LogP contribution in [-0.2, 0) is 0 Å². The number of halogens is 1. The standard InChI is InChI=1S/C14H13BrN2O2/c1-8-2-4-10(7-11(8)15)17-14(19)9-3-5-13(18)12(16)6-9/h2-7,18H,16H2,1H3,(H,17,19). The van der Waals surface area contributed by atoms with E-state index in [1.165, 1.54) is 18.2 Å². The highest BCUT2D eigenvalue weighted by atomic mass is 79.9. The number of benzene rings is 2. The molecule has 2 aromatic rings. The number of hydrogen-bond acceptors (Lipinski definition) is 3. The summed E-state index contributed by atoms with van der Waals surface area (Å²) >= 11 is 3.41. The Bertz CT molecular complexity index is 641. The van der Waals surface area contributed by atoms with Gasteiger partial charge in [0, 0.05) is 15.7 Å². The Balaban J connectivity index is 2.20. The van der Waals surface area contributed by atoms with Crippen LogP contribution in [0.5, 0.6) is 5.75 Å². The molecule has 0 heterocycles. The fourth-order valence-corrected chi connectivity index (χ4v) is 1.95. The first kappa shape index (κ1) is 13.4. The monoisotopic (exact) mass is 320 g/mol. The summed E-state index contributed by atoms with van der Waals surface area (Å²) < 4.78 is 0.926. The van der Waals surface area contributed by atoms with Gasteiger partial charge >= 0.3 is 0 Å². The zero-order chi connectivity index (χ0) is 14.0. The lowest BCUT2D eigenvalue weighted by Gasteiger charge is -2.08. The summed E-state index contributed by atoms with van der Waals surface area (Å²) in [6.45, 7) is 1.97. The van der Waals surface area contributed by atoms with Gasteiger partial charge in [0.05, 0.1) is 5.69 Å². The molecule has 0 unspecified atom stereocenters. The van der Waals surface area contributed by atoms with Gasteiger partial charge in [0.15, 0.2) is 0 Å². The minimum Gasteiger partial charge on any atom is -0.506 e. The summed E-state index contributed by atoms with van der Waals surface area (Å²) in [5.74, 6) is -0.308. The predicted octanol–water partition coefficient (Wildman–Crippen LogP) is 3.30. The normalized spacial score (nSPS) is 10.2. The van der Waals surface area contributed by atoms with Gasteiger partial charge < -0.3 is 16.2 Å². The van der Waals surface area contributed by atoms with Crippen LogP contribution in [-0.4, -0.2) is 11.0 Å². The smallest absolute Gasteiger partial charge is 0.255 e. The topological polar surface area (TPSA) is 75.3 Å². The second kappa shape index (κ2) is 5.32. The van der Waals surface area contributed by atoms with Crippen molar-refractivity contribution in [3.8, 4) is 5.75 Å². The van der Waals surface area contributed by atoms with Gasteiger partial charge in [-0.2, -0.15) is 0 Å². The molecule has 0 aromatic heterocycles. The molecule has 4 N–H and O–H groups in total. The van der Waals surface area contributed by atoms with Crippen molar-refractivity contribution in [1.29, 1.82) is 0 Å². The molecule has 2 aromatic carbocycles. The maximum absolute atomic E-state index is 12.0. The molecule has 2 rings (SSSR count). The van der Waals surface area contributed by atoms with Crippen molar-refractivity contribution >= 4 is 33.2 Å². The first-order valence-corrected chi connectivity index (χ1v) is 6.42. The van der Waals surface area contributed by atoms with Crippen LogP contribution in [0.25, 0.3) is 0 Å². The van der Waals surface area contributed by atoms with Crippen LogP contribution in [0.3, 0.4) is 0 Å². The largest absolute Gasteiger partial charge is 0.506 e. The lowest BCUT2D eigenvalue weighted by Crippen LogP contribution is -2.12. The van der Waals surface area contributed by atoms with Crippen LogP contribution in [0, 0.1) is 6.92 Å². The van der Waals surface area contributed by atoms with Crippen molar-refractivity contribution in [2.24, 2.45) is 0 Å². The van der Waals surface area contributed by atoms with E-state index in [0.717, 1.165) is 10.0 Å². The van der Waals surface area contributed by atoms with Crippen molar-refractivity contribution < 1.29 is 9.90 Å². The van der Waals surface area contributed by atoms with Crippen LogP contribution in [0.15, 0.2) is 40.9 Å². The number of aromatic hydroxyl groups is 1. The van der Waals surface area contributed by atoms with E-state index >= 15 is 0 Å². The zero-order valence-corrected chi connectivity index (χ0v) is 11.9. The number of carbonyl (C=O) groups excluding carboxylic acids is 1. The van der Waals surface area contributed by atoms with Gasteiger partial charge in [0.25, 0.3) is 5.91 Å². The lowest BCUT2D eigenvalue weighted by molar-refractivity contribution is 0.102. The third kappa shape index (κ3) is 3.06. The number of anilines is 2. The van der Waals surface area contributed by atoms with E-state index < -0.39 is 0 Å². The molecular formula is C14H13BrN2O2. The average molecular weight is 321 g/mol. The van der Waals surface area contributed by atoms with Crippen molar-refractivity contribution in [2.45, 2.75) is 6.92 Å². The third-order valence-corrected chi connectivity index (χ3v) is 3.57. The van der Waals surface area contributed by atoms with Crippen molar-refractivity contribution in [1.82, 2.24) is 0 Å². The number of phenols is 1. The van der Waals surface area contributed by atoms with Gasteiger partial charge in [0.2, 0.25) is 0 Å². The fraction of sp³-hybridized carbons (Fsp3) is 0.0714. The van der Waals surface area contributed by atoms with E-state index in [2.05, 4.69) is 21.2 Å². The highest BCUT2D eigenvalue weighted by Crippen LogP contribution is 2.23. The van der Waals surface area contributed by atoms with E-state index in [9.17, 15) is 9.90 Å². The summed E-state index contributed by atoms with van der Waals surface area (Å²) in [4.78, 5) is 12.0. The molecule has 4 nitrogen and oxygen atoms in total. The molecule has 1 amide bonds. The molecular weight excluding hydrogens is 308 g/mol. The molecule has 0 fully saturated rings. The van der Waals surface area contributed by atoms with E-state index in [-0.39, 0.29) is 17.3 Å². The average Bonchev–Trinajstić information content (AvgIpc) is 2.37. The molecule has 0 spiro atoms. The number of nitrogen functional groups attached to an aromatic ring is 1. The molecule has 0 aliphatic rings. The number of phenolic OH excluding ortho intramolecular Hbond substituents is 1. The molecule has 0 aliphatic heterocycles. The Hall–Kier alpha value is -2.01. The Morgan fingerprint density at radius 2 is 2.00 bits per heavy atom. The number of rotatable bonds is 2. The van der Waals surface area contributed by atoms with E-state index in [1.807, 2.05) is 25.1 Å². The summed E-state index contributed by atoms with van der Waals surface area (Å²) in [6.07, 6.45) is 0. The van der Waals surface area contributed by atoms with Crippen LogP contribution >= 0.6 is 15.9 Å². The second-order valence-electron chi connectivity index (χ2n) is 4.19. The molecule has 0 radical (unpaired) electrons. The van der Waals surface area contributed by atoms with Gasteiger partial charge in [0.1, 0.15) is 5.75 Å². The predicted molar refractivity (Wildman–Crippen MR) is 79.4 cm³/mol. The quantitative estimate of drug-likeness (QED) is 0.587. The van der Waals surface area contributed by atoms with Gasteiger partial charge in [-0.1, -0.05) is 22.0 Å². The number of hydrogen-bond donors (Lipinski definition) is 3. The van der Waals surface area contributed by atoms with Crippen LogP contribution in [0.2, 0.25) is 0 Å². The highest BCUT2D eigenvalue weighted by Gasteiger charge is 2.08. The van der Waals surface area contributed by atoms with Gasteiger partial charge in [-0.05, 0) is 42.8 Å². The molecule has 0 saturated heterocycles. The maximum atomic E-state index is 12.0. The fourth-order valence-electron chi connectivity index (χ4n) is 1.57. The number of carbonyl (C=O) groups is 1. The van der Waals surface area contributed by atoms with Crippen molar-refractivity contribution in [3.05, 3.63) is 52.0 Å². The third-order valence-electron chi connectivity index (χ3n) is 2.72. The molecule has 0 saturated carbocycles. The summed E-state index contributed by atoms with van der Waals surface area (Å²) in [5, 5.41) is 12.1. The number of aryl methyl sites for hydroxylation is 1. The first-order chi connectivity index (χ1) is 8.97. The molecule has 19 heavy (non-hydrogen) atoms. The first-order valence-electron chi connectivity index (χ1n) is 5.63. The Labute approximate surface area is 119 Å². The summed E-state index contributed by atoms with van der Waals surface area (Å²) in [6, 6.07) is 9.91. The highest BCUT2D eigenvalue weighted by molar-refractivity contribution is 9.10. The Morgan fingerprint density at radius 1 is 1.26 bits per heavy atom. The van der Waals surface area contributed by atoms with Crippen molar-refractivity contribution in [2.75, 3.05) is 11.1 Å². The Morgan fingerprint density at radius 3 is 2.63 bits per heavy atom. The van der Waals surface area contributed by atoms with Gasteiger partial charge in [-0.3, -0.25) is 4.79 Å². The molecule has 0 aliphatic carbocycles. The van der Waals surface area contributed by atoms with E-state index in [4.69, 9.17) is 5.73 Å². The van der Waals surface area contributed by atoms with E-state index in [1.54, 1.807) is 0 Å². The lowest BCUT2D eigenvalue weighted by atomic mass is 10.1. The maximum Gasteiger partial charge on any atom is 0.255 e. The van der Waals surface area contributed by atoms with Crippen molar-refractivity contribution in [3.63, 3.8) is 0 Å². The number of nitrogens with two attached hydrogens (primary N) is 1. The molecule has 0 bridgehead atoms. The molecule has 5 heteroatoms. The van der Waals surface area contributed by atoms with Crippen LogP contribution in [0.1, 0.15) is 15.9 Å². The zero-order valence-electron chi connectivity index (χ0n) is 10.3. The second-order valence-corrected chi connectivity index (χ2v) is 5.05. The number of amides is 1. The molecule has 0 atom stereocenters. The summed E-state index contributed by atoms with van der Waals surface area (Å²) in [5.41, 5.74) is 7.91. The Kier molecular flexibility index (Phi) is 3.76. The van der Waals surface area contributed by atoms with Gasteiger partial charge in [-0.25, -0.2) is 0 Å². The van der Waals surface area contributed by atoms with Crippen LogP contribution in [0.4, 0.5) is 11.4 Å². The van der Waals surface area contributed by atoms with Gasteiger partial charge in [-0.15, -0.1) is 0 Å². The van der Waals surface area contributed by atoms with E-state index in [0.29, 0.717) is 11.3 Å². The van der Waals surface area contributed by atoms with Crippen LogP contribution < -0.4 is 11.1 Å². The number of nitrogens with one attached hydrogen (secondary N) is 1. The minimum atomic E-state index is -0.276. The molecule has 98 valence electrons. The SMILES string of the molecule is Cc1ccc(NC(=O)c2ccc(O)c(N)c2)cc1Br. The summed E-state index contributed by atoms with van der Waals surface area (Å²) in [7, 11) is 0. The minimum absolute atomic E-state index is 0.0327.